The number of benzene rings is 3. The monoisotopic (exact) mass is 811 g/mol. The third-order valence-electron chi connectivity index (χ3n) is 13.3. The van der Waals surface area contributed by atoms with Crippen LogP contribution in [0, 0.1) is 29.1 Å². The summed E-state index contributed by atoms with van der Waals surface area (Å²) in [6.45, 7) is 11.1. The summed E-state index contributed by atoms with van der Waals surface area (Å²) in [5.41, 5.74) is 11.3. The second-order valence-electron chi connectivity index (χ2n) is 18.7. The molecular weight excluding hydrogens is 745 g/mol. The van der Waals surface area contributed by atoms with E-state index in [4.69, 9.17) is 15.3 Å². The van der Waals surface area contributed by atoms with Crippen molar-refractivity contribution < 1.29 is 29.4 Å². The van der Waals surface area contributed by atoms with Crippen LogP contribution in [0.25, 0.3) is 11.1 Å². The van der Waals surface area contributed by atoms with Crippen LogP contribution in [0.15, 0.2) is 65.7 Å². The summed E-state index contributed by atoms with van der Waals surface area (Å²) in [5, 5.41) is 26.3. The number of likely N-dealkylation sites (N-methyl/N-ethyl adjacent to an activating group) is 1. The van der Waals surface area contributed by atoms with E-state index in [1.54, 1.807) is 25.3 Å². The number of nitrogens with two attached hydrogens (primary N) is 1. The average molecular weight is 811 g/mol. The molecule has 0 aromatic heterocycles. The number of carbonyl (C=O) groups excluding carboxylic acids is 2. The van der Waals surface area contributed by atoms with E-state index in [1.165, 1.54) is 0 Å². The molecule has 1 saturated heterocycles. The second-order valence-corrected chi connectivity index (χ2v) is 18.7. The summed E-state index contributed by atoms with van der Waals surface area (Å²) in [6, 6.07) is 18.5. The molecule has 0 radical (unpaired) electrons. The first-order valence-electron chi connectivity index (χ1n) is 21.0. The minimum atomic E-state index is -0.948. The number of rotatable bonds is 14. The predicted octanol–water partition coefficient (Wildman–Crippen LogP) is 6.01. The number of aliphatic imine (C=N–C) groups is 1. The first-order valence-corrected chi connectivity index (χ1v) is 21.0. The lowest BCUT2D eigenvalue weighted by Crippen LogP contribution is -2.45. The number of aliphatic hydroxyl groups is 2. The highest BCUT2D eigenvalue weighted by Gasteiger charge is 2.56. The number of carbonyl (C=O) groups is 2. The number of ether oxygens (including phenoxy) is 1. The smallest absolute Gasteiger partial charge is 0.265 e. The van der Waals surface area contributed by atoms with E-state index in [-0.39, 0.29) is 36.3 Å². The van der Waals surface area contributed by atoms with Crippen LogP contribution in [-0.2, 0) is 16.2 Å². The van der Waals surface area contributed by atoms with Crippen LogP contribution in [0.3, 0.4) is 0 Å². The average Bonchev–Trinajstić information content (AvgIpc) is 3.73. The standard InChI is InChI=1S/C47H66N6O6/c1-28-22-46(4,5)29(2)17-35(28)24-49-45(57)42-41(30(3)55)40(26-54)59-53(42)25-32-14-12-16-38(43(32)58-10)33-18-34(21-37(20-33)52(8)9)44(56)50-47(27-51(6)7)23-39(47)31-13-11-15-36(48)19-31/h11-16,18-21,24,28-30,35,39-42,54-55H,17,22-23,25-27,48H2,1-10H3,(H,50,56)/t28?,29-,30+,35?,39?,40+,41?,42+,47+/m1/s1. The third kappa shape index (κ3) is 9.52. The molecule has 9 atom stereocenters. The Labute approximate surface area is 350 Å². The van der Waals surface area contributed by atoms with Gasteiger partial charge in [0.25, 0.3) is 11.8 Å². The zero-order chi connectivity index (χ0) is 43.0. The van der Waals surface area contributed by atoms with E-state index in [9.17, 15) is 19.8 Å². The van der Waals surface area contributed by atoms with Crippen molar-refractivity contribution in [1.82, 2.24) is 15.3 Å². The number of hydrogen-bond acceptors (Lipinski definition) is 10. The lowest BCUT2D eigenvalue weighted by atomic mass is 9.62. The summed E-state index contributed by atoms with van der Waals surface area (Å²) >= 11 is 0. The highest BCUT2D eigenvalue weighted by Crippen LogP contribution is 2.52. The fourth-order valence-electron chi connectivity index (χ4n) is 9.69. The van der Waals surface area contributed by atoms with Gasteiger partial charge in [0.2, 0.25) is 0 Å². The first-order chi connectivity index (χ1) is 27.9. The van der Waals surface area contributed by atoms with Gasteiger partial charge in [0.15, 0.2) is 0 Å². The van der Waals surface area contributed by atoms with Crippen LogP contribution in [0.4, 0.5) is 11.4 Å². The van der Waals surface area contributed by atoms with Crippen LogP contribution in [0.2, 0.25) is 0 Å². The molecule has 1 heterocycles. The minimum Gasteiger partial charge on any atom is -0.496 e. The molecule has 6 rings (SSSR count). The molecule has 2 amide bonds. The Bertz CT molecular complexity index is 2020. The normalized spacial score (nSPS) is 28.5. The number of hydrogen-bond donors (Lipinski definition) is 4. The van der Waals surface area contributed by atoms with Crippen LogP contribution in [-0.4, -0.2) is 110 Å². The quantitative estimate of drug-likeness (QED) is 0.113. The molecule has 12 nitrogen and oxygen atoms in total. The Balaban J connectivity index is 1.30. The minimum absolute atomic E-state index is 0.118. The number of anilines is 2. The van der Waals surface area contributed by atoms with E-state index in [1.807, 2.05) is 87.7 Å². The van der Waals surface area contributed by atoms with Crippen LogP contribution >= 0.6 is 0 Å². The van der Waals surface area contributed by atoms with Gasteiger partial charge in [-0.3, -0.25) is 14.4 Å². The molecular formula is C47H66N6O6. The lowest BCUT2D eigenvalue weighted by molar-refractivity contribution is -0.180. The van der Waals surface area contributed by atoms with E-state index >= 15 is 0 Å². The molecule has 0 spiro atoms. The van der Waals surface area contributed by atoms with Gasteiger partial charge < -0.3 is 35.8 Å². The van der Waals surface area contributed by atoms with Gasteiger partial charge >= 0.3 is 0 Å². The van der Waals surface area contributed by atoms with Gasteiger partial charge in [-0.25, -0.2) is 4.99 Å². The third-order valence-corrected chi connectivity index (χ3v) is 13.3. The van der Waals surface area contributed by atoms with E-state index in [0.29, 0.717) is 35.4 Å². The van der Waals surface area contributed by atoms with E-state index in [0.717, 1.165) is 47.2 Å². The topological polar surface area (TPSA) is 153 Å². The number of nitrogens with zero attached hydrogens (tertiary/aromatic N) is 4. The molecule has 0 bridgehead atoms. The number of methoxy groups -OCH3 is 1. The summed E-state index contributed by atoms with van der Waals surface area (Å²) in [6.07, 6.45) is 2.84. The van der Waals surface area contributed by atoms with Crippen molar-refractivity contribution >= 4 is 29.4 Å². The molecule has 3 aliphatic rings. The highest BCUT2D eigenvalue weighted by molar-refractivity contribution is 5.98. The maximum Gasteiger partial charge on any atom is 0.265 e. The van der Waals surface area contributed by atoms with Crippen molar-refractivity contribution in [2.24, 2.45) is 34.1 Å². The molecule has 2 saturated carbocycles. The highest BCUT2D eigenvalue weighted by atomic mass is 16.7. The van der Waals surface area contributed by atoms with Gasteiger partial charge in [-0.15, -0.1) is 0 Å². The van der Waals surface area contributed by atoms with Crippen molar-refractivity contribution in [2.45, 2.75) is 90.1 Å². The zero-order valence-corrected chi connectivity index (χ0v) is 36.6. The molecule has 12 heteroatoms. The van der Waals surface area contributed by atoms with Gasteiger partial charge in [0.1, 0.15) is 17.9 Å². The molecule has 4 unspecified atom stereocenters. The number of nitrogen functional groups attached to an aromatic ring is 1. The van der Waals surface area contributed by atoms with Crippen molar-refractivity contribution in [3.63, 3.8) is 0 Å². The van der Waals surface area contributed by atoms with Gasteiger partial charge in [-0.05, 0) is 105 Å². The second kappa shape index (κ2) is 17.7. The molecule has 5 N–H and O–H groups in total. The Hall–Kier alpha value is -4.33. The number of aliphatic hydroxyl groups excluding tert-OH is 2. The van der Waals surface area contributed by atoms with E-state index in [2.05, 4.69) is 49.0 Å². The van der Waals surface area contributed by atoms with Crippen LogP contribution in [0.1, 0.15) is 81.3 Å². The van der Waals surface area contributed by atoms with Crippen LogP contribution in [0.5, 0.6) is 5.75 Å². The summed E-state index contributed by atoms with van der Waals surface area (Å²) in [7, 11) is 9.50. The fourth-order valence-corrected chi connectivity index (χ4v) is 9.69. The summed E-state index contributed by atoms with van der Waals surface area (Å²) < 4.78 is 6.11. The molecule has 3 aromatic carbocycles. The number of nitrogens with one attached hydrogen (secondary N) is 1. The van der Waals surface area contributed by atoms with Crippen molar-refractivity contribution in [2.75, 3.05) is 59.1 Å². The molecule has 59 heavy (non-hydrogen) atoms. The first kappa shape index (κ1) is 44.2. The van der Waals surface area contributed by atoms with Gasteiger partial charge in [-0.1, -0.05) is 58.0 Å². The largest absolute Gasteiger partial charge is 0.496 e. The SMILES string of the molecule is COc1c(CN2O[C@@H](CO)C([C@H](C)O)[C@H]2C(=O)N=CC2C[C@@H](C)C(C)(C)CC2C)cccc1-c1cc(C(=O)N[C@]2(CN(C)C)CC2c2cccc(N)c2)cc(N(C)C)c1. The van der Waals surface area contributed by atoms with Crippen LogP contribution < -0.4 is 20.7 Å². The fraction of sp³-hybridized carbons (Fsp3) is 0.553. The molecule has 2 aliphatic carbocycles. The molecule has 3 fully saturated rings. The van der Waals surface area contributed by atoms with Crippen molar-refractivity contribution in [1.29, 1.82) is 0 Å². The number of amides is 2. The number of para-hydroxylation sites is 1. The van der Waals surface area contributed by atoms with Gasteiger partial charge in [0, 0.05) is 66.8 Å². The Morgan fingerprint density at radius 3 is 2.46 bits per heavy atom. The Morgan fingerprint density at radius 2 is 1.81 bits per heavy atom. The molecule has 3 aromatic rings. The maximum atomic E-state index is 14.3. The summed E-state index contributed by atoms with van der Waals surface area (Å²) in [5.74, 6) is 0.391. The van der Waals surface area contributed by atoms with Crippen molar-refractivity contribution in [3.05, 3.63) is 77.4 Å². The lowest BCUT2D eigenvalue weighted by Gasteiger charge is -2.43. The zero-order valence-electron chi connectivity index (χ0n) is 36.6. The Kier molecular flexibility index (Phi) is 13.3. The van der Waals surface area contributed by atoms with Gasteiger partial charge in [-0.2, -0.15) is 5.06 Å². The van der Waals surface area contributed by atoms with E-state index < -0.39 is 35.6 Å². The Morgan fingerprint density at radius 1 is 1.08 bits per heavy atom. The molecule has 1 aliphatic heterocycles. The number of hydroxylamine groups is 2. The van der Waals surface area contributed by atoms with Gasteiger partial charge in [0.05, 0.1) is 31.9 Å². The predicted molar refractivity (Wildman–Crippen MR) is 235 cm³/mol. The summed E-state index contributed by atoms with van der Waals surface area (Å²) in [4.78, 5) is 43.2. The molecule has 320 valence electrons. The maximum absolute atomic E-state index is 14.3. The van der Waals surface area contributed by atoms with Crippen molar-refractivity contribution in [3.8, 4) is 16.9 Å².